The Hall–Kier alpha value is -1.90. The zero-order valence-corrected chi connectivity index (χ0v) is 11.4. The Morgan fingerprint density at radius 1 is 1.21 bits per heavy atom. The molecule has 0 spiro atoms. The first-order chi connectivity index (χ1) is 9.11. The molecule has 3 heteroatoms. The second-order valence-electron chi connectivity index (χ2n) is 4.87. The Labute approximate surface area is 112 Å². The number of hydrogen-bond donors (Lipinski definition) is 0. The first-order valence-corrected chi connectivity index (χ1v) is 6.69. The van der Waals surface area contributed by atoms with Gasteiger partial charge in [0.1, 0.15) is 0 Å². The van der Waals surface area contributed by atoms with Crippen molar-refractivity contribution in [2.24, 2.45) is 0 Å². The van der Waals surface area contributed by atoms with Crippen molar-refractivity contribution in [3.8, 4) is 0 Å². The van der Waals surface area contributed by atoms with Gasteiger partial charge in [0.05, 0.1) is 5.39 Å². The molecule has 19 heavy (non-hydrogen) atoms. The van der Waals surface area contributed by atoms with Crippen molar-refractivity contribution in [2.45, 2.75) is 39.5 Å². The predicted molar refractivity (Wildman–Crippen MR) is 75.7 cm³/mol. The van der Waals surface area contributed by atoms with Crippen LogP contribution in [0.2, 0.25) is 0 Å². The Bertz CT molecular complexity index is 653. The van der Waals surface area contributed by atoms with Gasteiger partial charge in [-0.15, -0.1) is 0 Å². The van der Waals surface area contributed by atoms with Crippen LogP contribution in [0.1, 0.15) is 48.7 Å². The Kier molecular flexibility index (Phi) is 4.15. The summed E-state index contributed by atoms with van der Waals surface area (Å²) in [6, 6.07) is 7.23. The largest absolute Gasteiger partial charge is 0.419 e. The summed E-state index contributed by atoms with van der Waals surface area (Å²) in [6.45, 7) is 4.01. The molecule has 0 radical (unpaired) electrons. The second-order valence-corrected chi connectivity index (χ2v) is 4.87. The number of aryl methyl sites for hydroxylation is 1. The molecule has 2 rings (SSSR count). The van der Waals surface area contributed by atoms with Gasteiger partial charge in [-0.05, 0) is 30.9 Å². The first kappa shape index (κ1) is 13.5. The first-order valence-electron chi connectivity index (χ1n) is 6.69. The number of benzene rings is 1. The summed E-state index contributed by atoms with van der Waals surface area (Å²) in [6.07, 6.45) is 3.36. The van der Waals surface area contributed by atoms with Gasteiger partial charge in [-0.2, -0.15) is 0 Å². The lowest BCUT2D eigenvalue weighted by Crippen LogP contribution is -2.07. The molecule has 1 aromatic heterocycles. The molecule has 100 valence electrons. The maximum Gasteiger partial charge on any atom is 0.344 e. The second kappa shape index (κ2) is 5.83. The Balaban J connectivity index is 2.33. The lowest BCUT2D eigenvalue weighted by atomic mass is 10.1. The van der Waals surface area contributed by atoms with Gasteiger partial charge in [0.2, 0.25) is 0 Å². The summed E-state index contributed by atoms with van der Waals surface area (Å²) >= 11 is 0. The number of carbonyl (C=O) groups is 1. The van der Waals surface area contributed by atoms with E-state index in [4.69, 9.17) is 4.42 Å². The van der Waals surface area contributed by atoms with Crippen LogP contribution in [0.15, 0.2) is 33.5 Å². The molecule has 1 heterocycles. The minimum atomic E-state index is -0.431. The average Bonchev–Trinajstić information content (AvgIpc) is 2.39. The molecule has 0 bridgehead atoms. The van der Waals surface area contributed by atoms with Crippen molar-refractivity contribution >= 4 is 16.6 Å². The highest BCUT2D eigenvalue weighted by Crippen LogP contribution is 2.16. The SMILES string of the molecule is CCCCCC(=O)c1cc2ccc(C)cc2c(=O)o1. The van der Waals surface area contributed by atoms with Gasteiger partial charge in [0.15, 0.2) is 11.5 Å². The van der Waals surface area contributed by atoms with E-state index in [2.05, 4.69) is 6.92 Å². The quantitative estimate of drug-likeness (QED) is 0.604. The van der Waals surface area contributed by atoms with Crippen LogP contribution >= 0.6 is 0 Å². The lowest BCUT2D eigenvalue weighted by molar-refractivity contribution is 0.0948. The van der Waals surface area contributed by atoms with E-state index >= 15 is 0 Å². The monoisotopic (exact) mass is 258 g/mol. The molecule has 2 aromatic rings. The van der Waals surface area contributed by atoms with E-state index in [1.807, 2.05) is 19.1 Å². The van der Waals surface area contributed by atoms with E-state index in [0.29, 0.717) is 11.8 Å². The van der Waals surface area contributed by atoms with Crippen molar-refractivity contribution < 1.29 is 9.21 Å². The summed E-state index contributed by atoms with van der Waals surface area (Å²) in [5, 5.41) is 1.30. The molecule has 0 aliphatic carbocycles. The summed E-state index contributed by atoms with van der Waals surface area (Å²) < 4.78 is 5.13. The van der Waals surface area contributed by atoms with Crippen LogP contribution in [0.5, 0.6) is 0 Å². The van der Waals surface area contributed by atoms with Gasteiger partial charge >= 0.3 is 5.63 Å². The highest BCUT2D eigenvalue weighted by Gasteiger charge is 2.11. The van der Waals surface area contributed by atoms with Crippen LogP contribution in [0.4, 0.5) is 0 Å². The van der Waals surface area contributed by atoms with Crippen molar-refractivity contribution in [3.63, 3.8) is 0 Å². The smallest absolute Gasteiger partial charge is 0.344 e. The molecule has 0 N–H and O–H groups in total. The fourth-order valence-electron chi connectivity index (χ4n) is 2.09. The Morgan fingerprint density at radius 3 is 2.74 bits per heavy atom. The summed E-state index contributed by atoms with van der Waals surface area (Å²) in [4.78, 5) is 23.8. The predicted octanol–water partition coefficient (Wildman–Crippen LogP) is 3.86. The molecular formula is C16H18O3. The molecule has 0 aliphatic heterocycles. The molecule has 0 atom stereocenters. The van der Waals surface area contributed by atoms with Gasteiger partial charge in [0, 0.05) is 6.42 Å². The van der Waals surface area contributed by atoms with Gasteiger partial charge in [-0.25, -0.2) is 4.79 Å². The fraction of sp³-hybridized carbons (Fsp3) is 0.375. The van der Waals surface area contributed by atoms with Gasteiger partial charge in [0.25, 0.3) is 0 Å². The van der Waals surface area contributed by atoms with Crippen LogP contribution in [0.25, 0.3) is 10.8 Å². The summed E-state index contributed by atoms with van der Waals surface area (Å²) in [5.41, 5.74) is 0.571. The van der Waals surface area contributed by atoms with Crippen LogP contribution < -0.4 is 5.63 Å². The number of unbranched alkanes of at least 4 members (excludes halogenated alkanes) is 2. The third kappa shape index (κ3) is 3.11. The molecule has 0 amide bonds. The number of hydrogen-bond acceptors (Lipinski definition) is 3. The number of Topliss-reactive ketones (excluding diaryl/α,β-unsaturated/α-hetero) is 1. The topological polar surface area (TPSA) is 47.3 Å². The van der Waals surface area contributed by atoms with Gasteiger partial charge in [-0.1, -0.05) is 37.5 Å². The van der Waals surface area contributed by atoms with E-state index < -0.39 is 5.63 Å². The van der Waals surface area contributed by atoms with Crippen molar-refractivity contribution in [3.05, 3.63) is 46.0 Å². The zero-order chi connectivity index (χ0) is 13.8. The molecular weight excluding hydrogens is 240 g/mol. The van der Waals surface area contributed by atoms with E-state index in [-0.39, 0.29) is 11.5 Å². The van der Waals surface area contributed by atoms with Crippen LogP contribution in [0, 0.1) is 6.92 Å². The highest BCUT2D eigenvalue weighted by molar-refractivity contribution is 5.96. The maximum absolute atomic E-state index is 11.9. The lowest BCUT2D eigenvalue weighted by Gasteiger charge is -2.02. The number of ketones is 1. The minimum Gasteiger partial charge on any atom is -0.419 e. The molecule has 0 saturated carbocycles. The average molecular weight is 258 g/mol. The zero-order valence-electron chi connectivity index (χ0n) is 11.4. The van der Waals surface area contributed by atoms with Crippen molar-refractivity contribution in [1.82, 2.24) is 0 Å². The third-order valence-corrected chi connectivity index (χ3v) is 3.20. The van der Waals surface area contributed by atoms with Crippen LogP contribution in [-0.4, -0.2) is 5.78 Å². The van der Waals surface area contributed by atoms with Crippen molar-refractivity contribution in [2.75, 3.05) is 0 Å². The van der Waals surface area contributed by atoms with Crippen LogP contribution in [-0.2, 0) is 0 Å². The number of rotatable bonds is 5. The molecule has 0 unspecified atom stereocenters. The van der Waals surface area contributed by atoms with Crippen molar-refractivity contribution in [1.29, 1.82) is 0 Å². The maximum atomic E-state index is 11.9. The number of fused-ring (bicyclic) bond motifs is 1. The van der Waals surface area contributed by atoms with Gasteiger partial charge < -0.3 is 4.42 Å². The number of carbonyl (C=O) groups excluding carboxylic acids is 1. The van der Waals surface area contributed by atoms with E-state index in [1.165, 1.54) is 0 Å². The van der Waals surface area contributed by atoms with Crippen LogP contribution in [0.3, 0.4) is 0 Å². The molecule has 0 saturated heterocycles. The standard InChI is InChI=1S/C16H18O3/c1-3-4-5-6-14(17)15-10-12-8-7-11(2)9-13(12)16(18)19-15/h7-10H,3-6H2,1-2H3. The highest BCUT2D eigenvalue weighted by atomic mass is 16.4. The normalized spacial score (nSPS) is 10.8. The fourth-order valence-corrected chi connectivity index (χ4v) is 2.09. The van der Waals surface area contributed by atoms with E-state index in [9.17, 15) is 9.59 Å². The van der Waals surface area contributed by atoms with E-state index in [0.717, 1.165) is 30.2 Å². The summed E-state index contributed by atoms with van der Waals surface area (Å²) in [7, 11) is 0. The molecule has 0 aliphatic rings. The third-order valence-electron chi connectivity index (χ3n) is 3.20. The summed E-state index contributed by atoms with van der Waals surface area (Å²) in [5.74, 6) is 0.0884. The van der Waals surface area contributed by atoms with E-state index in [1.54, 1.807) is 12.1 Å². The molecule has 3 nitrogen and oxygen atoms in total. The Morgan fingerprint density at radius 2 is 2.00 bits per heavy atom. The molecule has 1 aromatic carbocycles. The minimum absolute atomic E-state index is 0.0898. The van der Waals surface area contributed by atoms with Gasteiger partial charge in [-0.3, -0.25) is 4.79 Å². The molecule has 0 fully saturated rings.